The van der Waals surface area contributed by atoms with Crippen LogP contribution in [-0.4, -0.2) is 39.5 Å². The van der Waals surface area contributed by atoms with Crippen molar-refractivity contribution in [1.82, 2.24) is 15.3 Å². The zero-order valence-corrected chi connectivity index (χ0v) is 12.3. The van der Waals surface area contributed by atoms with E-state index in [1.807, 2.05) is 6.92 Å². The van der Waals surface area contributed by atoms with Crippen molar-refractivity contribution in [2.24, 2.45) is 11.7 Å². The lowest BCUT2D eigenvalue weighted by atomic mass is 9.95. The second-order valence-corrected chi connectivity index (χ2v) is 5.28. The van der Waals surface area contributed by atoms with Crippen molar-refractivity contribution in [2.45, 2.75) is 45.1 Å². The summed E-state index contributed by atoms with van der Waals surface area (Å²) >= 11 is 0. The van der Waals surface area contributed by atoms with E-state index in [1.54, 1.807) is 12.5 Å². The number of aliphatic hydroxyl groups is 1. The number of carbonyl (C=O) groups is 2. The van der Waals surface area contributed by atoms with Crippen LogP contribution in [0.3, 0.4) is 0 Å². The molecule has 0 aromatic carbocycles. The summed E-state index contributed by atoms with van der Waals surface area (Å²) in [7, 11) is 0. The number of carbonyl (C=O) groups excluding carboxylic acids is 2. The van der Waals surface area contributed by atoms with Gasteiger partial charge in [0.2, 0.25) is 11.8 Å². The number of nitrogens with zero attached hydrogens (tertiary/aromatic N) is 1. The highest BCUT2D eigenvalue weighted by molar-refractivity contribution is 5.75. The molecule has 7 heteroatoms. The van der Waals surface area contributed by atoms with Gasteiger partial charge in [0.1, 0.15) is 0 Å². The molecule has 21 heavy (non-hydrogen) atoms. The molecular formula is C14H24N4O3. The summed E-state index contributed by atoms with van der Waals surface area (Å²) in [6.45, 7) is 2.42. The first kappa shape index (κ1) is 17.2. The van der Waals surface area contributed by atoms with E-state index in [0.29, 0.717) is 25.8 Å². The Morgan fingerprint density at radius 1 is 1.52 bits per heavy atom. The predicted octanol–water partition coefficient (Wildman–Crippen LogP) is 0.111. The molecule has 0 unspecified atom stereocenters. The van der Waals surface area contributed by atoms with E-state index in [-0.39, 0.29) is 18.2 Å². The van der Waals surface area contributed by atoms with Gasteiger partial charge in [-0.3, -0.25) is 9.59 Å². The molecule has 0 aliphatic heterocycles. The summed E-state index contributed by atoms with van der Waals surface area (Å²) in [5, 5.41) is 12.5. The van der Waals surface area contributed by atoms with Crippen LogP contribution >= 0.6 is 0 Å². The van der Waals surface area contributed by atoms with Crippen LogP contribution in [0, 0.1) is 5.92 Å². The van der Waals surface area contributed by atoms with Gasteiger partial charge in [0.15, 0.2) is 0 Å². The fourth-order valence-electron chi connectivity index (χ4n) is 2.03. The second-order valence-electron chi connectivity index (χ2n) is 5.28. The summed E-state index contributed by atoms with van der Waals surface area (Å²) in [6.07, 6.45) is 5.07. The molecule has 0 fully saturated rings. The van der Waals surface area contributed by atoms with Gasteiger partial charge in [-0.1, -0.05) is 6.92 Å². The van der Waals surface area contributed by atoms with Crippen LogP contribution in [-0.2, 0) is 16.0 Å². The number of imidazole rings is 1. The van der Waals surface area contributed by atoms with Crippen LogP contribution in [0.4, 0.5) is 0 Å². The van der Waals surface area contributed by atoms with E-state index in [1.165, 1.54) is 0 Å². The Morgan fingerprint density at radius 3 is 2.90 bits per heavy atom. The van der Waals surface area contributed by atoms with Crippen molar-refractivity contribution in [2.75, 3.05) is 6.54 Å². The smallest absolute Gasteiger partial charge is 0.220 e. The molecule has 5 N–H and O–H groups in total. The Bertz CT molecular complexity index is 433. The quantitative estimate of drug-likeness (QED) is 0.489. The van der Waals surface area contributed by atoms with Gasteiger partial charge in [-0.25, -0.2) is 4.98 Å². The average molecular weight is 296 g/mol. The molecule has 0 saturated heterocycles. The van der Waals surface area contributed by atoms with Gasteiger partial charge in [-0.05, 0) is 18.8 Å². The molecule has 1 aromatic heterocycles. The highest BCUT2D eigenvalue weighted by Gasteiger charge is 2.16. The number of aromatic nitrogens is 2. The first-order chi connectivity index (χ1) is 9.99. The van der Waals surface area contributed by atoms with Crippen molar-refractivity contribution in [3.8, 4) is 0 Å². The summed E-state index contributed by atoms with van der Waals surface area (Å²) < 4.78 is 0. The van der Waals surface area contributed by atoms with E-state index < -0.39 is 12.0 Å². The number of nitrogens with one attached hydrogen (secondary N) is 2. The Labute approximate surface area is 124 Å². The van der Waals surface area contributed by atoms with Gasteiger partial charge < -0.3 is 21.1 Å². The number of rotatable bonds is 10. The fourth-order valence-corrected chi connectivity index (χ4v) is 2.03. The summed E-state index contributed by atoms with van der Waals surface area (Å²) in [5.74, 6) is -0.563. The molecule has 0 spiro atoms. The number of aliphatic hydroxyl groups excluding tert-OH is 1. The fraction of sp³-hybridized carbons (Fsp3) is 0.643. The van der Waals surface area contributed by atoms with Crippen LogP contribution < -0.4 is 11.1 Å². The third kappa shape index (κ3) is 7.45. The number of amides is 2. The lowest BCUT2D eigenvalue weighted by Gasteiger charge is -2.17. The summed E-state index contributed by atoms with van der Waals surface area (Å²) in [5.41, 5.74) is 6.02. The Kier molecular flexibility index (Phi) is 7.45. The first-order valence-electron chi connectivity index (χ1n) is 7.19. The molecular weight excluding hydrogens is 272 g/mol. The lowest BCUT2D eigenvalue weighted by Crippen LogP contribution is -2.27. The molecule has 1 aromatic rings. The molecule has 118 valence electrons. The monoisotopic (exact) mass is 296 g/mol. The number of H-pyrrole nitrogens is 1. The maximum absolute atomic E-state index is 11.6. The van der Waals surface area contributed by atoms with E-state index in [4.69, 9.17) is 5.73 Å². The molecule has 7 nitrogen and oxygen atoms in total. The standard InChI is InChI=1S/C14H24N4O3/c1-10(12(19)7-13(15)20)3-2-4-14(21)17-6-5-11-8-16-9-18-11/h8-10,12,19H,2-7H2,1H3,(H2,15,20)(H,16,18)(H,17,21)/t10-,12+/m1/s1. The van der Waals surface area contributed by atoms with E-state index in [0.717, 1.165) is 12.1 Å². The molecule has 2 atom stereocenters. The van der Waals surface area contributed by atoms with Gasteiger partial charge in [-0.2, -0.15) is 0 Å². The van der Waals surface area contributed by atoms with E-state index in [2.05, 4.69) is 15.3 Å². The first-order valence-corrected chi connectivity index (χ1v) is 7.19. The zero-order chi connectivity index (χ0) is 15.7. The van der Waals surface area contributed by atoms with E-state index in [9.17, 15) is 14.7 Å². The van der Waals surface area contributed by atoms with Gasteiger partial charge in [0, 0.05) is 31.3 Å². The minimum atomic E-state index is -0.731. The molecule has 1 heterocycles. The highest BCUT2D eigenvalue weighted by atomic mass is 16.3. The van der Waals surface area contributed by atoms with Crippen molar-refractivity contribution in [3.63, 3.8) is 0 Å². The highest BCUT2D eigenvalue weighted by Crippen LogP contribution is 2.14. The maximum atomic E-state index is 11.6. The molecule has 1 rings (SSSR count). The number of hydrogen-bond acceptors (Lipinski definition) is 4. The molecule has 0 saturated carbocycles. The molecule has 0 bridgehead atoms. The van der Waals surface area contributed by atoms with Crippen molar-refractivity contribution >= 4 is 11.8 Å². The van der Waals surface area contributed by atoms with Crippen molar-refractivity contribution in [1.29, 1.82) is 0 Å². The third-order valence-corrected chi connectivity index (χ3v) is 3.40. The third-order valence-electron chi connectivity index (χ3n) is 3.40. The summed E-state index contributed by atoms with van der Waals surface area (Å²) in [6, 6.07) is 0. The van der Waals surface area contributed by atoms with Crippen molar-refractivity contribution in [3.05, 3.63) is 18.2 Å². The topological polar surface area (TPSA) is 121 Å². The van der Waals surface area contributed by atoms with E-state index >= 15 is 0 Å². The number of nitrogens with two attached hydrogens (primary N) is 1. The number of hydrogen-bond donors (Lipinski definition) is 4. The van der Waals surface area contributed by atoms with Crippen LogP contribution in [0.1, 0.15) is 38.3 Å². The normalized spacial score (nSPS) is 13.6. The minimum Gasteiger partial charge on any atom is -0.392 e. The maximum Gasteiger partial charge on any atom is 0.220 e. The Morgan fingerprint density at radius 2 is 2.29 bits per heavy atom. The van der Waals surface area contributed by atoms with Crippen LogP contribution in [0.2, 0.25) is 0 Å². The van der Waals surface area contributed by atoms with Crippen LogP contribution in [0.5, 0.6) is 0 Å². The van der Waals surface area contributed by atoms with Gasteiger partial charge in [0.25, 0.3) is 0 Å². The second kappa shape index (κ2) is 9.12. The van der Waals surface area contributed by atoms with Crippen LogP contribution in [0.25, 0.3) is 0 Å². The van der Waals surface area contributed by atoms with Crippen molar-refractivity contribution < 1.29 is 14.7 Å². The number of primary amides is 1. The predicted molar refractivity (Wildman–Crippen MR) is 78.1 cm³/mol. The largest absolute Gasteiger partial charge is 0.392 e. The average Bonchev–Trinajstić information content (AvgIpc) is 2.91. The zero-order valence-electron chi connectivity index (χ0n) is 12.3. The van der Waals surface area contributed by atoms with Gasteiger partial charge in [-0.15, -0.1) is 0 Å². The van der Waals surface area contributed by atoms with Crippen LogP contribution in [0.15, 0.2) is 12.5 Å². The SMILES string of the molecule is C[C@H](CCCC(=O)NCCc1cnc[nH]1)[C@@H](O)CC(N)=O. The summed E-state index contributed by atoms with van der Waals surface area (Å²) in [4.78, 5) is 29.2. The Hall–Kier alpha value is -1.89. The number of aromatic amines is 1. The Balaban J connectivity index is 2.08. The minimum absolute atomic E-state index is 0.00823. The molecule has 0 radical (unpaired) electrons. The van der Waals surface area contributed by atoms with Gasteiger partial charge >= 0.3 is 0 Å². The van der Waals surface area contributed by atoms with Gasteiger partial charge in [0.05, 0.1) is 18.9 Å². The molecule has 0 aliphatic rings. The molecule has 0 aliphatic carbocycles. The lowest BCUT2D eigenvalue weighted by molar-refractivity contribution is -0.122. The molecule has 2 amide bonds.